The number of methoxy groups -OCH3 is 1. The molecule has 1 atom stereocenters. The molecule has 7 heteroatoms. The highest BCUT2D eigenvalue weighted by atomic mass is 32.1. The molecule has 1 fully saturated rings. The molecule has 33 heavy (non-hydrogen) atoms. The van der Waals surface area contributed by atoms with Crippen LogP contribution in [0.25, 0.3) is 16.3 Å². The largest absolute Gasteiger partial charge is 0.493 e. The summed E-state index contributed by atoms with van der Waals surface area (Å²) in [6.45, 7) is 5.81. The number of benzene rings is 2. The third-order valence-corrected chi connectivity index (χ3v) is 6.40. The first kappa shape index (κ1) is 23.0. The lowest BCUT2D eigenvalue weighted by molar-refractivity contribution is -0.128. The molecule has 3 aromatic rings. The molecule has 1 aromatic heterocycles. The van der Waals surface area contributed by atoms with Crippen molar-refractivity contribution >= 4 is 33.5 Å². The van der Waals surface area contributed by atoms with E-state index in [9.17, 15) is 4.79 Å². The van der Waals surface area contributed by atoms with E-state index < -0.39 is 0 Å². The number of thiazole rings is 1. The van der Waals surface area contributed by atoms with Crippen LogP contribution in [0, 0.1) is 0 Å². The molecule has 1 amide bonds. The Morgan fingerprint density at radius 1 is 1.30 bits per heavy atom. The first-order valence-corrected chi connectivity index (χ1v) is 11.8. The van der Waals surface area contributed by atoms with Crippen LogP contribution in [0.5, 0.6) is 11.5 Å². The normalized spacial score (nSPS) is 15.7. The van der Waals surface area contributed by atoms with Gasteiger partial charge < -0.3 is 19.1 Å². The van der Waals surface area contributed by atoms with Gasteiger partial charge >= 0.3 is 0 Å². The van der Waals surface area contributed by atoms with Gasteiger partial charge in [0.2, 0.25) is 5.91 Å². The predicted molar refractivity (Wildman–Crippen MR) is 132 cm³/mol. The SMILES string of the molecule is C=CCOc1ccc(CN(CC2CCCO2)C(=O)C=Cc2nc3ccccc3s2)cc1OC. The van der Waals surface area contributed by atoms with Crippen LogP contribution in [0.1, 0.15) is 23.4 Å². The third-order valence-electron chi connectivity index (χ3n) is 5.40. The number of carbonyl (C=O) groups is 1. The minimum atomic E-state index is -0.0734. The molecule has 0 N–H and O–H groups in total. The molecule has 0 spiro atoms. The lowest BCUT2D eigenvalue weighted by Gasteiger charge is -2.25. The van der Waals surface area contributed by atoms with Crippen LogP contribution in [0.15, 0.2) is 61.2 Å². The fraction of sp³-hybridized carbons (Fsp3) is 0.308. The summed E-state index contributed by atoms with van der Waals surface area (Å²) >= 11 is 1.57. The first-order chi connectivity index (χ1) is 16.2. The minimum absolute atomic E-state index is 0.0573. The monoisotopic (exact) mass is 464 g/mol. The van der Waals surface area contributed by atoms with Gasteiger partial charge in [-0.05, 0) is 48.7 Å². The summed E-state index contributed by atoms with van der Waals surface area (Å²) in [6, 6.07) is 13.7. The zero-order valence-corrected chi connectivity index (χ0v) is 19.6. The van der Waals surface area contributed by atoms with E-state index in [4.69, 9.17) is 14.2 Å². The van der Waals surface area contributed by atoms with E-state index >= 15 is 0 Å². The molecule has 2 heterocycles. The lowest BCUT2D eigenvalue weighted by Crippen LogP contribution is -2.35. The number of ether oxygens (including phenoxy) is 3. The standard InChI is InChI=1S/C26H28N2O4S/c1-3-14-32-22-11-10-19(16-23(22)30-2)17-28(18-20-7-6-15-31-20)26(29)13-12-25-27-21-8-4-5-9-24(21)33-25/h3-5,8-13,16,20H,1,6-7,14-15,17-18H2,2H3. The second-order valence-corrected chi connectivity index (χ2v) is 8.85. The van der Waals surface area contributed by atoms with Gasteiger partial charge in [-0.2, -0.15) is 0 Å². The molecule has 1 aliphatic rings. The summed E-state index contributed by atoms with van der Waals surface area (Å²) in [5, 5.41) is 0.812. The highest BCUT2D eigenvalue weighted by molar-refractivity contribution is 7.19. The van der Waals surface area contributed by atoms with E-state index in [-0.39, 0.29) is 12.0 Å². The van der Waals surface area contributed by atoms with Crippen LogP contribution < -0.4 is 9.47 Å². The summed E-state index contributed by atoms with van der Waals surface area (Å²) < 4.78 is 18.0. The molecule has 1 unspecified atom stereocenters. The van der Waals surface area contributed by atoms with Crippen molar-refractivity contribution in [2.75, 3.05) is 26.9 Å². The van der Waals surface area contributed by atoms with E-state index in [1.54, 1.807) is 36.7 Å². The molecular formula is C26H28N2O4S. The van der Waals surface area contributed by atoms with Crippen LogP contribution in [0.2, 0.25) is 0 Å². The van der Waals surface area contributed by atoms with Gasteiger partial charge in [0, 0.05) is 25.8 Å². The zero-order chi connectivity index (χ0) is 23.0. The fourth-order valence-corrected chi connectivity index (χ4v) is 4.64. The van der Waals surface area contributed by atoms with Crippen molar-refractivity contribution in [1.29, 1.82) is 0 Å². The van der Waals surface area contributed by atoms with Gasteiger partial charge in [-0.25, -0.2) is 4.98 Å². The quantitative estimate of drug-likeness (QED) is 0.309. The van der Waals surface area contributed by atoms with Gasteiger partial charge in [0.15, 0.2) is 11.5 Å². The number of rotatable bonds is 10. The highest BCUT2D eigenvalue weighted by Gasteiger charge is 2.22. The smallest absolute Gasteiger partial charge is 0.247 e. The summed E-state index contributed by atoms with van der Waals surface area (Å²) in [5.74, 6) is 1.20. The number of nitrogens with zero attached hydrogens (tertiary/aromatic N) is 2. The molecule has 1 aliphatic heterocycles. The first-order valence-electron chi connectivity index (χ1n) is 11.0. The molecule has 0 saturated carbocycles. The van der Waals surface area contributed by atoms with E-state index in [1.807, 2.05) is 47.4 Å². The van der Waals surface area contributed by atoms with Crippen molar-refractivity contribution in [2.24, 2.45) is 0 Å². The number of para-hydroxylation sites is 1. The minimum Gasteiger partial charge on any atom is -0.493 e. The Kier molecular flexibility index (Phi) is 7.75. The van der Waals surface area contributed by atoms with Gasteiger partial charge in [0.1, 0.15) is 11.6 Å². The maximum absolute atomic E-state index is 13.2. The maximum Gasteiger partial charge on any atom is 0.247 e. The summed E-state index contributed by atoms with van der Waals surface area (Å²) in [4.78, 5) is 19.6. The zero-order valence-electron chi connectivity index (χ0n) is 18.7. The molecule has 1 saturated heterocycles. The predicted octanol–water partition coefficient (Wildman–Crippen LogP) is 5.09. The molecule has 0 radical (unpaired) electrons. The lowest BCUT2D eigenvalue weighted by atomic mass is 10.1. The number of hydrogen-bond acceptors (Lipinski definition) is 6. The average molecular weight is 465 g/mol. The number of aromatic nitrogens is 1. The molecule has 0 bridgehead atoms. The van der Waals surface area contributed by atoms with Gasteiger partial charge in [0.25, 0.3) is 0 Å². The number of amides is 1. The molecule has 4 rings (SSSR count). The Bertz CT molecular complexity index is 1100. The second kappa shape index (κ2) is 11.1. The number of carbonyl (C=O) groups excluding carboxylic acids is 1. The third kappa shape index (κ3) is 6.00. The Hall–Kier alpha value is -3.16. The maximum atomic E-state index is 13.2. The van der Waals surface area contributed by atoms with Gasteiger partial charge in [0.05, 0.1) is 23.4 Å². The Labute approximate surface area is 198 Å². The average Bonchev–Trinajstić information content (AvgIpc) is 3.50. The number of hydrogen-bond donors (Lipinski definition) is 0. The van der Waals surface area contributed by atoms with E-state index in [0.717, 1.165) is 40.2 Å². The summed E-state index contributed by atoms with van der Waals surface area (Å²) in [6.07, 6.45) is 7.13. The van der Waals surface area contributed by atoms with Crippen molar-refractivity contribution in [3.05, 3.63) is 71.8 Å². The van der Waals surface area contributed by atoms with Gasteiger partial charge in [-0.3, -0.25) is 4.79 Å². The molecule has 2 aromatic carbocycles. The van der Waals surface area contributed by atoms with Crippen molar-refractivity contribution in [3.8, 4) is 11.5 Å². The van der Waals surface area contributed by atoms with Gasteiger partial charge in [-0.1, -0.05) is 30.9 Å². The molecule has 6 nitrogen and oxygen atoms in total. The second-order valence-electron chi connectivity index (χ2n) is 7.79. The van der Waals surface area contributed by atoms with E-state index in [0.29, 0.717) is 31.2 Å². The van der Waals surface area contributed by atoms with Crippen molar-refractivity contribution < 1.29 is 19.0 Å². The van der Waals surface area contributed by atoms with Crippen LogP contribution in [-0.2, 0) is 16.1 Å². The van der Waals surface area contributed by atoms with E-state index in [2.05, 4.69) is 11.6 Å². The van der Waals surface area contributed by atoms with Crippen molar-refractivity contribution in [3.63, 3.8) is 0 Å². The van der Waals surface area contributed by atoms with E-state index in [1.165, 1.54) is 0 Å². The molecule has 172 valence electrons. The Morgan fingerprint density at radius 2 is 2.18 bits per heavy atom. The van der Waals surface area contributed by atoms with Gasteiger partial charge in [-0.15, -0.1) is 11.3 Å². The number of fused-ring (bicyclic) bond motifs is 1. The topological polar surface area (TPSA) is 60.9 Å². The summed E-state index contributed by atoms with van der Waals surface area (Å²) in [7, 11) is 1.61. The van der Waals surface area contributed by atoms with Crippen LogP contribution >= 0.6 is 11.3 Å². The van der Waals surface area contributed by atoms with Crippen LogP contribution in [0.3, 0.4) is 0 Å². The van der Waals surface area contributed by atoms with Crippen molar-refractivity contribution in [2.45, 2.75) is 25.5 Å². The van der Waals surface area contributed by atoms with Crippen LogP contribution in [-0.4, -0.2) is 48.8 Å². The molecule has 0 aliphatic carbocycles. The summed E-state index contributed by atoms with van der Waals surface area (Å²) in [5.41, 5.74) is 1.90. The highest BCUT2D eigenvalue weighted by Crippen LogP contribution is 2.29. The fourth-order valence-electron chi connectivity index (χ4n) is 3.77. The molecular weight excluding hydrogens is 436 g/mol. The van der Waals surface area contributed by atoms with Crippen LogP contribution in [0.4, 0.5) is 0 Å². The Morgan fingerprint density at radius 3 is 2.94 bits per heavy atom. The Balaban J connectivity index is 1.51. The van der Waals surface area contributed by atoms with Crippen molar-refractivity contribution in [1.82, 2.24) is 9.88 Å².